The summed E-state index contributed by atoms with van der Waals surface area (Å²) < 4.78 is 1.11. The van der Waals surface area contributed by atoms with Crippen LogP contribution in [0.3, 0.4) is 0 Å². The van der Waals surface area contributed by atoms with Crippen molar-refractivity contribution in [1.29, 1.82) is 0 Å². The number of fused-ring (bicyclic) bond motifs is 1. The summed E-state index contributed by atoms with van der Waals surface area (Å²) in [6.45, 7) is 2.02. The summed E-state index contributed by atoms with van der Waals surface area (Å²) in [6.07, 6.45) is 0. The molecule has 4 rings (SSSR count). The summed E-state index contributed by atoms with van der Waals surface area (Å²) in [6, 6.07) is 12.0. The maximum atomic E-state index is 6.06. The van der Waals surface area contributed by atoms with E-state index in [1.54, 1.807) is 34.4 Å². The van der Waals surface area contributed by atoms with Gasteiger partial charge >= 0.3 is 0 Å². The molecule has 1 aromatic carbocycles. The zero-order valence-corrected chi connectivity index (χ0v) is 15.9. The number of thioether (sulfide) groups is 1. The summed E-state index contributed by atoms with van der Waals surface area (Å²) in [4.78, 5) is 5.81. The fraction of sp³-hybridized carbons (Fsp3) is 0.118. The number of aryl methyl sites for hydroxylation is 1. The molecule has 0 aliphatic carbocycles. The Balaban J connectivity index is 1.70. The van der Waals surface area contributed by atoms with Crippen LogP contribution in [-0.4, -0.2) is 15.2 Å². The van der Waals surface area contributed by atoms with E-state index in [9.17, 15) is 0 Å². The Hall–Kier alpha value is -1.47. The molecule has 0 aliphatic rings. The highest BCUT2D eigenvalue weighted by Crippen LogP contribution is 2.37. The summed E-state index contributed by atoms with van der Waals surface area (Å²) in [5.41, 5.74) is 3.04. The average molecular weight is 390 g/mol. The van der Waals surface area contributed by atoms with Gasteiger partial charge in [0.25, 0.3) is 0 Å². The quantitative estimate of drug-likeness (QED) is 0.397. The van der Waals surface area contributed by atoms with E-state index in [0.29, 0.717) is 0 Å². The Kier molecular flexibility index (Phi) is 4.54. The molecule has 0 atom stereocenters. The summed E-state index contributed by atoms with van der Waals surface area (Å²) in [7, 11) is 0. The van der Waals surface area contributed by atoms with Gasteiger partial charge in [-0.3, -0.25) is 0 Å². The molecule has 0 amide bonds. The minimum Gasteiger partial charge on any atom is -0.238 e. The van der Waals surface area contributed by atoms with Gasteiger partial charge in [0.1, 0.15) is 16.2 Å². The summed E-state index contributed by atoms with van der Waals surface area (Å²) in [5.74, 6) is 0.791. The summed E-state index contributed by atoms with van der Waals surface area (Å²) >= 11 is 11.0. The van der Waals surface area contributed by atoms with Crippen molar-refractivity contribution in [3.63, 3.8) is 0 Å². The fourth-order valence-electron chi connectivity index (χ4n) is 2.37. The van der Waals surface area contributed by atoms with Crippen LogP contribution in [0.1, 0.15) is 10.6 Å². The van der Waals surface area contributed by atoms with Gasteiger partial charge in [0.2, 0.25) is 0 Å². The Morgan fingerprint density at radius 1 is 1.17 bits per heavy atom. The maximum absolute atomic E-state index is 6.06. The second kappa shape index (κ2) is 6.80. The molecule has 120 valence electrons. The van der Waals surface area contributed by atoms with Gasteiger partial charge in [-0.05, 0) is 36.1 Å². The van der Waals surface area contributed by atoms with E-state index in [1.165, 1.54) is 0 Å². The van der Waals surface area contributed by atoms with Crippen LogP contribution >= 0.6 is 46.0 Å². The van der Waals surface area contributed by atoms with Gasteiger partial charge in [-0.25, -0.2) is 4.98 Å². The lowest BCUT2D eigenvalue weighted by Gasteiger charge is -2.04. The zero-order valence-electron chi connectivity index (χ0n) is 12.7. The molecule has 3 heterocycles. The molecule has 0 spiro atoms. The van der Waals surface area contributed by atoms with E-state index in [2.05, 4.69) is 32.7 Å². The molecular weight excluding hydrogens is 378 g/mol. The third-order valence-corrected chi connectivity index (χ3v) is 6.53. The topological polar surface area (TPSA) is 38.7 Å². The highest BCUT2D eigenvalue weighted by Gasteiger charge is 2.16. The predicted octanol–water partition coefficient (Wildman–Crippen LogP) is 6.07. The molecule has 3 aromatic heterocycles. The fourth-order valence-corrected chi connectivity index (χ4v) is 5.21. The standard InChI is InChI=1S/C17H12ClN3S3/c1-10-19-15-16(24-10)14(13-6-3-7-22-13)20-21-17(15)23-9-11-4-2-5-12(18)8-11/h2-8H,9H2,1H3. The number of halogens is 1. The van der Waals surface area contributed by atoms with E-state index in [0.717, 1.165) is 47.2 Å². The molecule has 0 saturated carbocycles. The van der Waals surface area contributed by atoms with Gasteiger partial charge in [0.05, 0.1) is 14.6 Å². The molecule has 0 fully saturated rings. The van der Waals surface area contributed by atoms with E-state index in [4.69, 9.17) is 11.6 Å². The van der Waals surface area contributed by atoms with Crippen LogP contribution in [0.5, 0.6) is 0 Å². The van der Waals surface area contributed by atoms with Gasteiger partial charge in [0, 0.05) is 10.8 Å². The van der Waals surface area contributed by atoms with E-state index < -0.39 is 0 Å². The Bertz CT molecular complexity index is 996. The van der Waals surface area contributed by atoms with Crippen LogP contribution in [-0.2, 0) is 5.75 Å². The first-order valence-electron chi connectivity index (χ1n) is 7.25. The molecule has 24 heavy (non-hydrogen) atoms. The first-order chi connectivity index (χ1) is 11.7. The van der Waals surface area contributed by atoms with Gasteiger partial charge in [-0.2, -0.15) is 0 Å². The van der Waals surface area contributed by atoms with E-state index in [1.807, 2.05) is 31.2 Å². The third kappa shape index (κ3) is 3.19. The highest BCUT2D eigenvalue weighted by molar-refractivity contribution is 7.98. The monoisotopic (exact) mass is 389 g/mol. The molecule has 0 saturated heterocycles. The minimum absolute atomic E-state index is 0.752. The van der Waals surface area contributed by atoms with E-state index >= 15 is 0 Å². The van der Waals surface area contributed by atoms with Crippen molar-refractivity contribution in [3.05, 3.63) is 57.4 Å². The average Bonchev–Trinajstić information content (AvgIpc) is 3.21. The first-order valence-corrected chi connectivity index (χ1v) is 10.3. The van der Waals surface area contributed by atoms with Gasteiger partial charge in [-0.1, -0.05) is 41.6 Å². The SMILES string of the molecule is Cc1nc2c(SCc3cccc(Cl)c3)nnc(-c3cccs3)c2s1. The molecule has 0 N–H and O–H groups in total. The predicted molar refractivity (Wildman–Crippen MR) is 104 cm³/mol. The molecule has 7 heteroatoms. The van der Waals surface area contributed by atoms with Crippen molar-refractivity contribution in [2.45, 2.75) is 17.7 Å². The minimum atomic E-state index is 0.752. The maximum Gasteiger partial charge on any atom is 0.146 e. The summed E-state index contributed by atoms with van der Waals surface area (Å²) in [5, 5.41) is 13.6. The molecular formula is C17H12ClN3S3. The molecule has 4 aromatic rings. The van der Waals surface area contributed by atoms with Crippen LogP contribution in [0.2, 0.25) is 5.02 Å². The van der Waals surface area contributed by atoms with Crippen LogP contribution in [0, 0.1) is 6.92 Å². The Morgan fingerprint density at radius 3 is 2.88 bits per heavy atom. The Morgan fingerprint density at radius 2 is 2.08 bits per heavy atom. The normalized spacial score (nSPS) is 11.2. The number of nitrogens with zero attached hydrogens (tertiary/aromatic N) is 3. The Labute approximate surface area is 156 Å². The third-order valence-electron chi connectivity index (χ3n) is 3.41. The first kappa shape index (κ1) is 16.0. The van der Waals surface area contributed by atoms with Gasteiger partial charge in [-0.15, -0.1) is 32.9 Å². The lowest BCUT2D eigenvalue weighted by atomic mass is 10.2. The van der Waals surface area contributed by atoms with Crippen molar-refractivity contribution >= 4 is 56.3 Å². The van der Waals surface area contributed by atoms with Crippen molar-refractivity contribution in [2.75, 3.05) is 0 Å². The molecule has 3 nitrogen and oxygen atoms in total. The van der Waals surface area contributed by atoms with Gasteiger partial charge < -0.3 is 0 Å². The number of benzene rings is 1. The number of rotatable bonds is 4. The van der Waals surface area contributed by atoms with Crippen LogP contribution in [0.25, 0.3) is 20.8 Å². The number of thiazole rings is 1. The second-order valence-electron chi connectivity index (χ2n) is 5.16. The van der Waals surface area contributed by atoms with Crippen LogP contribution < -0.4 is 0 Å². The van der Waals surface area contributed by atoms with Gasteiger partial charge in [0.15, 0.2) is 0 Å². The number of hydrogen-bond donors (Lipinski definition) is 0. The zero-order chi connectivity index (χ0) is 16.5. The van der Waals surface area contributed by atoms with Crippen molar-refractivity contribution < 1.29 is 0 Å². The molecule has 0 radical (unpaired) electrons. The number of hydrogen-bond acceptors (Lipinski definition) is 6. The molecule has 0 unspecified atom stereocenters. The molecule has 0 aliphatic heterocycles. The van der Waals surface area contributed by atoms with Crippen molar-refractivity contribution in [2.24, 2.45) is 0 Å². The van der Waals surface area contributed by atoms with Crippen LogP contribution in [0.4, 0.5) is 0 Å². The van der Waals surface area contributed by atoms with E-state index in [-0.39, 0.29) is 0 Å². The smallest absolute Gasteiger partial charge is 0.146 e. The molecule has 0 bridgehead atoms. The van der Waals surface area contributed by atoms with Crippen LogP contribution in [0.15, 0.2) is 46.8 Å². The lowest BCUT2D eigenvalue weighted by molar-refractivity contribution is 0.957. The largest absolute Gasteiger partial charge is 0.238 e. The highest BCUT2D eigenvalue weighted by atomic mass is 35.5. The number of thiophene rings is 1. The number of aromatic nitrogens is 3. The lowest BCUT2D eigenvalue weighted by Crippen LogP contribution is -1.92. The second-order valence-corrected chi connectivity index (χ2v) is 8.71. The van der Waals surface area contributed by atoms with Crippen molar-refractivity contribution in [1.82, 2.24) is 15.2 Å². The van der Waals surface area contributed by atoms with Crippen molar-refractivity contribution in [3.8, 4) is 10.6 Å².